The largest absolute Gasteiger partial charge is 0.192 e. The smallest absolute Gasteiger partial charge is 0.0992 e. The van der Waals surface area contributed by atoms with Crippen LogP contribution in [0.2, 0.25) is 5.02 Å². The first kappa shape index (κ1) is 9.05. The summed E-state index contributed by atoms with van der Waals surface area (Å²) in [6.45, 7) is 0. The highest BCUT2D eigenvalue weighted by atomic mass is 79.9. The molecule has 1 rings (SSSR count). The quantitative estimate of drug-likeness (QED) is 0.669. The fraction of sp³-hybridized carbons (Fsp3) is 0. The lowest BCUT2D eigenvalue weighted by Crippen LogP contribution is -1.77. The molecule has 0 amide bonds. The molecule has 0 saturated heterocycles. The lowest BCUT2D eigenvalue weighted by atomic mass is 10.2. The summed E-state index contributed by atoms with van der Waals surface area (Å²) < 4.78 is 1.57. The van der Waals surface area contributed by atoms with Crippen molar-refractivity contribution in [3.8, 4) is 6.07 Å². The maximum atomic E-state index is 8.53. The van der Waals surface area contributed by atoms with Gasteiger partial charge in [-0.2, -0.15) is 5.26 Å². The van der Waals surface area contributed by atoms with Gasteiger partial charge in [-0.3, -0.25) is 0 Å². The average molecular weight is 295 g/mol. The highest BCUT2D eigenvalue weighted by molar-refractivity contribution is 9.13. The van der Waals surface area contributed by atoms with Gasteiger partial charge in [0.05, 0.1) is 21.1 Å². The molecule has 0 spiro atoms. The van der Waals surface area contributed by atoms with Crippen molar-refractivity contribution in [1.29, 1.82) is 5.26 Å². The Bertz CT molecular complexity index is 307. The number of rotatable bonds is 0. The number of benzene rings is 1. The fourth-order valence-corrected chi connectivity index (χ4v) is 1.64. The highest BCUT2D eigenvalue weighted by Gasteiger charge is 2.03. The third-order valence-corrected chi connectivity index (χ3v) is 3.65. The number of nitrogens with zero attached hydrogens (tertiary/aromatic N) is 1. The summed E-state index contributed by atoms with van der Waals surface area (Å²) in [7, 11) is 0. The second kappa shape index (κ2) is 3.57. The van der Waals surface area contributed by atoms with Crippen molar-refractivity contribution >= 4 is 43.5 Å². The van der Waals surface area contributed by atoms with E-state index in [1.54, 1.807) is 12.1 Å². The molecule has 0 saturated carbocycles. The van der Waals surface area contributed by atoms with Gasteiger partial charge in [0.2, 0.25) is 0 Å². The van der Waals surface area contributed by atoms with Crippen molar-refractivity contribution < 1.29 is 0 Å². The van der Waals surface area contributed by atoms with Gasteiger partial charge in [-0.25, -0.2) is 0 Å². The van der Waals surface area contributed by atoms with E-state index in [4.69, 9.17) is 16.9 Å². The van der Waals surface area contributed by atoms with Crippen LogP contribution in [0, 0.1) is 11.3 Å². The molecule has 0 aliphatic rings. The predicted molar refractivity (Wildman–Crippen MR) is 51.6 cm³/mol. The van der Waals surface area contributed by atoms with Gasteiger partial charge in [0, 0.05) is 4.47 Å². The Kier molecular flexibility index (Phi) is 2.94. The van der Waals surface area contributed by atoms with Crippen molar-refractivity contribution in [2.45, 2.75) is 0 Å². The van der Waals surface area contributed by atoms with Crippen molar-refractivity contribution in [2.24, 2.45) is 0 Å². The molecule has 0 unspecified atom stereocenters. The van der Waals surface area contributed by atoms with Crippen LogP contribution in [0.1, 0.15) is 5.56 Å². The van der Waals surface area contributed by atoms with Gasteiger partial charge in [0.1, 0.15) is 0 Å². The Morgan fingerprint density at radius 2 is 2.00 bits per heavy atom. The Labute approximate surface area is 86.2 Å². The zero-order chi connectivity index (χ0) is 8.43. The summed E-state index contributed by atoms with van der Waals surface area (Å²) in [6.07, 6.45) is 0. The summed E-state index contributed by atoms with van der Waals surface area (Å²) in [5.74, 6) is 0. The zero-order valence-electron chi connectivity index (χ0n) is 5.24. The lowest BCUT2D eigenvalue weighted by molar-refractivity contribution is 1.46. The van der Waals surface area contributed by atoms with E-state index in [1.807, 2.05) is 6.07 Å². The summed E-state index contributed by atoms with van der Waals surface area (Å²) in [5.41, 5.74) is 0.546. The minimum atomic E-state index is 0.538. The van der Waals surface area contributed by atoms with Crippen molar-refractivity contribution in [3.05, 3.63) is 31.7 Å². The van der Waals surface area contributed by atoms with Crippen LogP contribution in [-0.4, -0.2) is 0 Å². The number of nitriles is 1. The molecular weight excluding hydrogens is 293 g/mol. The SMILES string of the molecule is N#Cc1cc(Cl)c(Br)c(Br)c1. The normalized spacial score (nSPS) is 9.27. The van der Waals surface area contributed by atoms with E-state index in [9.17, 15) is 0 Å². The summed E-state index contributed by atoms with van der Waals surface area (Å²) in [5, 5.41) is 9.07. The number of halogens is 3. The summed E-state index contributed by atoms with van der Waals surface area (Å²) in [6, 6.07) is 5.31. The highest BCUT2D eigenvalue weighted by Crippen LogP contribution is 2.31. The van der Waals surface area contributed by atoms with E-state index in [2.05, 4.69) is 31.9 Å². The molecule has 11 heavy (non-hydrogen) atoms. The van der Waals surface area contributed by atoms with E-state index >= 15 is 0 Å². The minimum absolute atomic E-state index is 0.538. The molecule has 0 heterocycles. The van der Waals surface area contributed by atoms with Crippen molar-refractivity contribution in [2.75, 3.05) is 0 Å². The topological polar surface area (TPSA) is 23.8 Å². The first-order valence-electron chi connectivity index (χ1n) is 2.70. The van der Waals surface area contributed by atoms with Gasteiger partial charge in [0.25, 0.3) is 0 Å². The van der Waals surface area contributed by atoms with E-state index < -0.39 is 0 Å². The fourth-order valence-electron chi connectivity index (χ4n) is 0.620. The van der Waals surface area contributed by atoms with Crippen molar-refractivity contribution in [3.63, 3.8) is 0 Å². The summed E-state index contributed by atoms with van der Waals surface area (Å²) >= 11 is 12.3. The minimum Gasteiger partial charge on any atom is -0.192 e. The third-order valence-electron chi connectivity index (χ3n) is 1.11. The molecule has 0 radical (unpaired) electrons. The number of hydrogen-bond acceptors (Lipinski definition) is 1. The average Bonchev–Trinajstić information content (AvgIpc) is 1.99. The van der Waals surface area contributed by atoms with Crippen LogP contribution in [0.4, 0.5) is 0 Å². The Morgan fingerprint density at radius 1 is 1.36 bits per heavy atom. The van der Waals surface area contributed by atoms with Crippen LogP contribution < -0.4 is 0 Å². The molecule has 1 aromatic carbocycles. The molecular formula is C7H2Br2ClN. The molecule has 4 heteroatoms. The monoisotopic (exact) mass is 293 g/mol. The maximum Gasteiger partial charge on any atom is 0.0992 e. The second-order valence-corrected chi connectivity index (χ2v) is 3.92. The molecule has 0 aliphatic carbocycles. The molecule has 1 nitrogen and oxygen atoms in total. The molecule has 0 aliphatic heterocycles. The molecule has 0 aromatic heterocycles. The first-order chi connectivity index (χ1) is 5.15. The Balaban J connectivity index is 3.35. The van der Waals surface area contributed by atoms with Crippen LogP contribution in [0.25, 0.3) is 0 Å². The van der Waals surface area contributed by atoms with Gasteiger partial charge in [-0.15, -0.1) is 0 Å². The van der Waals surface area contributed by atoms with E-state index in [0.29, 0.717) is 10.6 Å². The molecule has 1 aromatic rings. The van der Waals surface area contributed by atoms with Crippen LogP contribution in [-0.2, 0) is 0 Å². The first-order valence-corrected chi connectivity index (χ1v) is 4.66. The molecule has 0 N–H and O–H groups in total. The van der Waals surface area contributed by atoms with Gasteiger partial charge in [-0.05, 0) is 44.0 Å². The summed E-state index contributed by atoms with van der Waals surface area (Å²) in [4.78, 5) is 0. The second-order valence-electron chi connectivity index (χ2n) is 1.87. The van der Waals surface area contributed by atoms with E-state index in [1.165, 1.54) is 0 Å². The van der Waals surface area contributed by atoms with Crippen molar-refractivity contribution in [1.82, 2.24) is 0 Å². The van der Waals surface area contributed by atoms with Crippen LogP contribution >= 0.6 is 43.5 Å². The van der Waals surface area contributed by atoms with Gasteiger partial charge in [-0.1, -0.05) is 11.6 Å². The lowest BCUT2D eigenvalue weighted by Gasteiger charge is -1.98. The van der Waals surface area contributed by atoms with E-state index in [-0.39, 0.29) is 0 Å². The van der Waals surface area contributed by atoms with Gasteiger partial charge >= 0.3 is 0 Å². The van der Waals surface area contributed by atoms with Crippen LogP contribution in [0.3, 0.4) is 0 Å². The van der Waals surface area contributed by atoms with Crippen LogP contribution in [0.15, 0.2) is 21.1 Å². The van der Waals surface area contributed by atoms with Gasteiger partial charge in [0.15, 0.2) is 0 Å². The van der Waals surface area contributed by atoms with Gasteiger partial charge < -0.3 is 0 Å². The molecule has 0 atom stereocenters. The number of hydrogen-bond donors (Lipinski definition) is 0. The molecule has 0 fully saturated rings. The standard InChI is InChI=1S/C7H2Br2ClN/c8-5-1-4(3-11)2-6(10)7(5)9/h1-2H. The van der Waals surface area contributed by atoms with Crippen LogP contribution in [0.5, 0.6) is 0 Å². The molecule has 0 bridgehead atoms. The molecule has 56 valence electrons. The zero-order valence-corrected chi connectivity index (χ0v) is 9.16. The Hall–Kier alpha value is -0.0400. The van der Waals surface area contributed by atoms with E-state index in [0.717, 1.165) is 8.95 Å². The third kappa shape index (κ3) is 1.96. The maximum absolute atomic E-state index is 8.53. The predicted octanol–water partition coefficient (Wildman–Crippen LogP) is 3.74. The Morgan fingerprint density at radius 3 is 2.45 bits per heavy atom.